The van der Waals surface area contributed by atoms with Gasteiger partial charge >= 0.3 is 0 Å². The Morgan fingerprint density at radius 3 is 2.86 bits per heavy atom. The summed E-state index contributed by atoms with van der Waals surface area (Å²) in [5.41, 5.74) is 0.786. The molecule has 0 spiro atoms. The van der Waals surface area contributed by atoms with Crippen LogP contribution in [0.1, 0.15) is 32.6 Å². The molecule has 1 heterocycles. The van der Waals surface area contributed by atoms with Crippen molar-refractivity contribution in [2.45, 2.75) is 42.2 Å². The quantitative estimate of drug-likeness (QED) is 0.844. The lowest BCUT2D eigenvalue weighted by Crippen LogP contribution is -2.52. The number of fused-ring (bicyclic) bond motifs is 1. The summed E-state index contributed by atoms with van der Waals surface area (Å²) in [4.78, 5) is 25.8. The van der Waals surface area contributed by atoms with Gasteiger partial charge in [-0.25, -0.2) is 0 Å². The third-order valence-electron chi connectivity index (χ3n) is 4.34. The number of anilines is 1. The molecule has 4 nitrogen and oxygen atoms in total. The summed E-state index contributed by atoms with van der Waals surface area (Å²) in [7, 11) is 0. The molecular weight excluding hydrogens is 284 g/mol. The fourth-order valence-electron chi connectivity index (χ4n) is 2.94. The van der Waals surface area contributed by atoms with Crippen molar-refractivity contribution in [2.24, 2.45) is 5.92 Å². The third kappa shape index (κ3) is 2.79. The van der Waals surface area contributed by atoms with E-state index in [1.54, 1.807) is 6.92 Å². The van der Waals surface area contributed by atoms with Gasteiger partial charge in [-0.3, -0.25) is 9.59 Å². The normalized spacial score (nSPS) is 25.3. The van der Waals surface area contributed by atoms with E-state index in [1.165, 1.54) is 37.4 Å². The lowest BCUT2D eigenvalue weighted by molar-refractivity contribution is -0.130. The van der Waals surface area contributed by atoms with Gasteiger partial charge in [0.15, 0.2) is 4.75 Å². The van der Waals surface area contributed by atoms with E-state index >= 15 is 0 Å². The standard InChI is InChI=1S/C16H20N2O2S/c1-16(14(19)17-10-11-6-2-3-7-11)15(20)18-12-8-4-5-9-13(12)21-16/h4-5,8-9,11H,2-3,6-7,10H2,1H3,(H,17,19)(H,18,20)/t16-/m0/s1. The lowest BCUT2D eigenvalue weighted by atomic mass is 10.1. The van der Waals surface area contributed by atoms with Crippen molar-refractivity contribution in [1.29, 1.82) is 0 Å². The second-order valence-electron chi connectivity index (χ2n) is 5.95. The van der Waals surface area contributed by atoms with Gasteiger partial charge in [-0.15, -0.1) is 0 Å². The highest BCUT2D eigenvalue weighted by molar-refractivity contribution is 8.02. The monoisotopic (exact) mass is 304 g/mol. The molecule has 0 saturated heterocycles. The van der Waals surface area contributed by atoms with E-state index in [-0.39, 0.29) is 11.8 Å². The predicted molar refractivity (Wildman–Crippen MR) is 84.3 cm³/mol. The number of benzene rings is 1. The number of carbonyl (C=O) groups is 2. The molecule has 2 amide bonds. The second kappa shape index (κ2) is 5.72. The molecule has 2 aliphatic rings. The largest absolute Gasteiger partial charge is 0.354 e. The number of para-hydroxylation sites is 1. The van der Waals surface area contributed by atoms with Crippen LogP contribution < -0.4 is 10.6 Å². The summed E-state index contributed by atoms with van der Waals surface area (Å²) in [5, 5.41) is 5.81. The maximum Gasteiger partial charge on any atom is 0.250 e. The van der Waals surface area contributed by atoms with Gasteiger partial charge in [-0.2, -0.15) is 0 Å². The van der Waals surface area contributed by atoms with Gasteiger partial charge in [0.25, 0.3) is 0 Å². The molecular formula is C16H20N2O2S. The zero-order valence-corrected chi connectivity index (χ0v) is 13.0. The molecule has 1 aromatic carbocycles. The van der Waals surface area contributed by atoms with Gasteiger partial charge < -0.3 is 10.6 Å². The Hall–Kier alpha value is -1.49. The van der Waals surface area contributed by atoms with Crippen molar-refractivity contribution < 1.29 is 9.59 Å². The van der Waals surface area contributed by atoms with Gasteiger partial charge in [-0.1, -0.05) is 36.7 Å². The van der Waals surface area contributed by atoms with E-state index in [0.29, 0.717) is 12.5 Å². The average Bonchev–Trinajstić information content (AvgIpc) is 2.99. The third-order valence-corrected chi connectivity index (χ3v) is 5.70. The van der Waals surface area contributed by atoms with E-state index in [2.05, 4.69) is 10.6 Å². The first kappa shape index (κ1) is 14.4. The minimum absolute atomic E-state index is 0.189. The molecule has 0 radical (unpaired) electrons. The molecule has 1 aliphatic heterocycles. The maximum absolute atomic E-state index is 12.5. The minimum atomic E-state index is -1.09. The Bertz CT molecular complexity index is 569. The van der Waals surface area contributed by atoms with Gasteiger partial charge in [0, 0.05) is 11.4 Å². The fraction of sp³-hybridized carbons (Fsp3) is 0.500. The molecule has 0 unspecified atom stereocenters. The highest BCUT2D eigenvalue weighted by atomic mass is 32.2. The maximum atomic E-state index is 12.5. The van der Waals surface area contributed by atoms with Crippen LogP contribution in [0.3, 0.4) is 0 Å². The van der Waals surface area contributed by atoms with Crippen LogP contribution in [0, 0.1) is 5.92 Å². The first-order valence-corrected chi connectivity index (χ1v) is 8.29. The highest BCUT2D eigenvalue weighted by Gasteiger charge is 2.45. The number of nitrogens with one attached hydrogen (secondary N) is 2. The van der Waals surface area contributed by atoms with Crippen molar-refractivity contribution in [3.05, 3.63) is 24.3 Å². The Morgan fingerprint density at radius 1 is 1.38 bits per heavy atom. The Labute approximate surface area is 129 Å². The zero-order valence-electron chi connectivity index (χ0n) is 12.1. The van der Waals surface area contributed by atoms with E-state index < -0.39 is 4.75 Å². The molecule has 1 atom stereocenters. The summed E-state index contributed by atoms with van der Waals surface area (Å²) >= 11 is 1.33. The highest BCUT2D eigenvalue weighted by Crippen LogP contribution is 2.42. The van der Waals surface area contributed by atoms with Crippen molar-refractivity contribution in [3.8, 4) is 0 Å². The van der Waals surface area contributed by atoms with Crippen molar-refractivity contribution in [3.63, 3.8) is 0 Å². The number of amides is 2. The summed E-state index contributed by atoms with van der Waals surface area (Å²) in [5.74, 6) is 0.142. The summed E-state index contributed by atoms with van der Waals surface area (Å²) in [6.45, 7) is 2.39. The van der Waals surface area contributed by atoms with E-state index in [0.717, 1.165) is 10.6 Å². The number of rotatable bonds is 3. The number of hydrogen-bond donors (Lipinski definition) is 2. The Morgan fingerprint density at radius 2 is 2.10 bits per heavy atom. The van der Waals surface area contributed by atoms with Gasteiger partial charge in [0.1, 0.15) is 0 Å². The van der Waals surface area contributed by atoms with Crippen molar-refractivity contribution in [1.82, 2.24) is 5.32 Å². The van der Waals surface area contributed by atoms with Crippen LogP contribution in [0.4, 0.5) is 5.69 Å². The molecule has 1 fully saturated rings. The molecule has 21 heavy (non-hydrogen) atoms. The summed E-state index contributed by atoms with van der Waals surface area (Å²) < 4.78 is -1.09. The Kier molecular flexibility index (Phi) is 3.93. The van der Waals surface area contributed by atoms with Gasteiger partial charge in [-0.05, 0) is 37.8 Å². The Balaban J connectivity index is 1.70. The van der Waals surface area contributed by atoms with Crippen LogP contribution in [0.15, 0.2) is 29.2 Å². The van der Waals surface area contributed by atoms with Crippen LogP contribution in [0.2, 0.25) is 0 Å². The van der Waals surface area contributed by atoms with Crippen LogP contribution in [0.5, 0.6) is 0 Å². The molecule has 5 heteroatoms. The first-order valence-electron chi connectivity index (χ1n) is 7.47. The molecule has 0 aromatic heterocycles. The minimum Gasteiger partial charge on any atom is -0.354 e. The summed E-state index contributed by atoms with van der Waals surface area (Å²) in [6.07, 6.45) is 4.86. The number of hydrogen-bond acceptors (Lipinski definition) is 3. The van der Waals surface area contributed by atoms with E-state index in [4.69, 9.17) is 0 Å². The molecule has 112 valence electrons. The first-order chi connectivity index (χ1) is 10.1. The zero-order chi connectivity index (χ0) is 14.9. The van der Waals surface area contributed by atoms with Crippen LogP contribution in [0.25, 0.3) is 0 Å². The average molecular weight is 304 g/mol. The number of thioether (sulfide) groups is 1. The molecule has 0 bridgehead atoms. The van der Waals surface area contributed by atoms with Crippen molar-refractivity contribution in [2.75, 3.05) is 11.9 Å². The number of carbonyl (C=O) groups excluding carboxylic acids is 2. The predicted octanol–water partition coefficient (Wildman–Crippen LogP) is 2.80. The van der Waals surface area contributed by atoms with Gasteiger partial charge in [0.05, 0.1) is 5.69 Å². The fourth-order valence-corrected chi connectivity index (χ4v) is 4.06. The molecule has 1 aliphatic carbocycles. The van der Waals surface area contributed by atoms with Gasteiger partial charge in [0.2, 0.25) is 11.8 Å². The molecule has 1 aromatic rings. The van der Waals surface area contributed by atoms with Crippen LogP contribution in [-0.2, 0) is 9.59 Å². The van der Waals surface area contributed by atoms with Crippen molar-refractivity contribution >= 4 is 29.3 Å². The smallest absolute Gasteiger partial charge is 0.250 e. The lowest BCUT2D eigenvalue weighted by Gasteiger charge is -2.32. The topological polar surface area (TPSA) is 58.2 Å². The van der Waals surface area contributed by atoms with E-state index in [9.17, 15) is 9.59 Å². The SMILES string of the molecule is C[C@@]1(C(=O)NCC2CCCC2)Sc2ccccc2NC1=O. The molecule has 1 saturated carbocycles. The van der Waals surface area contributed by atoms with Crippen LogP contribution >= 0.6 is 11.8 Å². The molecule has 2 N–H and O–H groups in total. The van der Waals surface area contributed by atoms with E-state index in [1.807, 2.05) is 24.3 Å². The van der Waals surface area contributed by atoms with Crippen LogP contribution in [-0.4, -0.2) is 23.1 Å². The summed E-state index contributed by atoms with van der Waals surface area (Å²) in [6, 6.07) is 7.58. The molecule has 3 rings (SSSR count). The second-order valence-corrected chi connectivity index (χ2v) is 7.41.